The predicted molar refractivity (Wildman–Crippen MR) is 168 cm³/mol. The molecule has 6 aromatic carbocycles. The highest BCUT2D eigenvalue weighted by Gasteiger charge is 2.45. The van der Waals surface area contributed by atoms with Gasteiger partial charge in [-0.15, -0.1) is 0 Å². The van der Waals surface area contributed by atoms with Gasteiger partial charge in [-0.25, -0.2) is 0 Å². The summed E-state index contributed by atoms with van der Waals surface area (Å²) in [6, 6.07) is 47.8. The Balaban J connectivity index is 1.31. The Hall–Kier alpha value is -5.74. The molecule has 4 nitrogen and oxygen atoms in total. The van der Waals surface area contributed by atoms with Gasteiger partial charge in [-0.1, -0.05) is 72.8 Å². The first kappa shape index (κ1) is 26.2. The highest BCUT2D eigenvalue weighted by atomic mass is 16.5. The monoisotopic (exact) mass is 558 g/mol. The van der Waals surface area contributed by atoms with Gasteiger partial charge >= 0.3 is 0 Å². The lowest BCUT2D eigenvalue weighted by molar-refractivity contribution is 0.111. The lowest BCUT2D eigenvalue weighted by atomic mass is 9.68. The third kappa shape index (κ3) is 4.59. The summed E-state index contributed by atoms with van der Waals surface area (Å²) in [7, 11) is 0. The van der Waals surface area contributed by atoms with Gasteiger partial charge in [0.15, 0.2) is 0 Å². The number of ether oxygens (including phenoxy) is 2. The average molecular weight is 559 g/mol. The molecule has 1 aliphatic rings. The second-order valence-corrected chi connectivity index (χ2v) is 10.5. The van der Waals surface area contributed by atoms with Crippen molar-refractivity contribution in [1.82, 2.24) is 0 Å². The van der Waals surface area contributed by atoms with E-state index in [9.17, 15) is 9.59 Å². The van der Waals surface area contributed by atoms with E-state index in [1.165, 1.54) is 22.3 Å². The smallest absolute Gasteiger partial charge is 0.150 e. The maximum Gasteiger partial charge on any atom is 0.150 e. The molecular formula is C39H26O4. The van der Waals surface area contributed by atoms with Crippen molar-refractivity contribution in [3.8, 4) is 34.1 Å². The number of rotatable bonds is 8. The molecule has 0 aromatic heterocycles. The minimum Gasteiger partial charge on any atom is -0.457 e. The zero-order valence-corrected chi connectivity index (χ0v) is 23.1. The topological polar surface area (TPSA) is 52.6 Å². The molecule has 7 rings (SSSR count). The molecular weight excluding hydrogens is 532 g/mol. The molecule has 4 heteroatoms. The van der Waals surface area contributed by atoms with E-state index >= 15 is 0 Å². The number of fused-ring (bicyclic) bond motifs is 3. The number of aldehydes is 2. The molecule has 0 atom stereocenters. The third-order valence-corrected chi connectivity index (χ3v) is 8.03. The van der Waals surface area contributed by atoms with Gasteiger partial charge in [0.05, 0.1) is 5.41 Å². The zero-order valence-electron chi connectivity index (χ0n) is 23.1. The van der Waals surface area contributed by atoms with E-state index in [0.717, 1.165) is 23.7 Å². The molecule has 0 unspecified atom stereocenters. The fourth-order valence-corrected chi connectivity index (χ4v) is 6.07. The molecule has 0 saturated carbocycles. The molecule has 206 valence electrons. The van der Waals surface area contributed by atoms with Crippen molar-refractivity contribution >= 4 is 12.6 Å². The zero-order chi connectivity index (χ0) is 29.2. The standard InChI is InChI=1S/C39H26O4/c40-25-27-9-17-31(18-10-27)42-33-21-13-29(14-22-33)39(37-7-3-1-5-35(37)36-6-2-4-8-38(36)39)30-15-23-34(24-16-30)43-32-19-11-28(26-41)12-20-32/h1-26H. The van der Waals surface area contributed by atoms with Crippen LogP contribution in [-0.4, -0.2) is 12.6 Å². The van der Waals surface area contributed by atoms with Crippen molar-refractivity contribution in [3.63, 3.8) is 0 Å². The fraction of sp³-hybridized carbons (Fsp3) is 0.0256. The molecule has 0 spiro atoms. The van der Waals surface area contributed by atoms with E-state index < -0.39 is 5.41 Å². The van der Waals surface area contributed by atoms with Crippen molar-refractivity contribution in [1.29, 1.82) is 0 Å². The summed E-state index contributed by atoms with van der Waals surface area (Å²) in [6.07, 6.45) is 1.64. The molecule has 6 aromatic rings. The molecule has 0 aliphatic heterocycles. The van der Waals surface area contributed by atoms with Gasteiger partial charge in [0, 0.05) is 11.1 Å². The average Bonchev–Trinajstić information content (AvgIpc) is 3.37. The van der Waals surface area contributed by atoms with Crippen LogP contribution in [0.2, 0.25) is 0 Å². The number of hydrogen-bond acceptors (Lipinski definition) is 4. The van der Waals surface area contributed by atoms with E-state index in [1.807, 2.05) is 24.3 Å². The van der Waals surface area contributed by atoms with Crippen LogP contribution in [0, 0.1) is 0 Å². The molecule has 0 heterocycles. The summed E-state index contributed by atoms with van der Waals surface area (Å²) in [6.45, 7) is 0. The van der Waals surface area contributed by atoms with Gasteiger partial charge in [-0.2, -0.15) is 0 Å². The highest BCUT2D eigenvalue weighted by Crippen LogP contribution is 2.56. The fourth-order valence-electron chi connectivity index (χ4n) is 6.07. The van der Waals surface area contributed by atoms with Crippen LogP contribution in [0.1, 0.15) is 43.0 Å². The Kier molecular flexibility index (Phi) is 6.65. The summed E-state index contributed by atoms with van der Waals surface area (Å²) < 4.78 is 12.2. The second kappa shape index (κ2) is 10.9. The quantitative estimate of drug-likeness (QED) is 0.174. The highest BCUT2D eigenvalue weighted by molar-refractivity contribution is 5.86. The molecule has 0 radical (unpaired) electrons. The minimum absolute atomic E-state index is 0.554. The van der Waals surface area contributed by atoms with Gasteiger partial charge in [-0.05, 0) is 106 Å². The van der Waals surface area contributed by atoms with Gasteiger partial charge in [0.25, 0.3) is 0 Å². The number of hydrogen-bond donors (Lipinski definition) is 0. The molecule has 0 amide bonds. The molecule has 0 fully saturated rings. The largest absolute Gasteiger partial charge is 0.457 e. The van der Waals surface area contributed by atoms with Gasteiger partial charge in [-0.3, -0.25) is 9.59 Å². The summed E-state index contributed by atoms with van der Waals surface area (Å²) in [5, 5.41) is 0. The van der Waals surface area contributed by atoms with Crippen molar-refractivity contribution in [2.75, 3.05) is 0 Å². The summed E-state index contributed by atoms with van der Waals surface area (Å²) in [4.78, 5) is 22.1. The Bertz CT molecular complexity index is 1780. The van der Waals surface area contributed by atoms with E-state index in [1.54, 1.807) is 48.5 Å². The van der Waals surface area contributed by atoms with Crippen LogP contribution in [-0.2, 0) is 5.41 Å². The molecule has 43 heavy (non-hydrogen) atoms. The van der Waals surface area contributed by atoms with Crippen LogP contribution in [0.5, 0.6) is 23.0 Å². The molecule has 0 bridgehead atoms. The van der Waals surface area contributed by atoms with E-state index in [4.69, 9.17) is 9.47 Å². The van der Waals surface area contributed by atoms with Crippen LogP contribution in [0.3, 0.4) is 0 Å². The number of carbonyl (C=O) groups excluding carboxylic acids is 2. The van der Waals surface area contributed by atoms with Gasteiger partial charge in [0.1, 0.15) is 35.6 Å². The van der Waals surface area contributed by atoms with Crippen LogP contribution in [0.15, 0.2) is 146 Å². The summed E-state index contributed by atoms with van der Waals surface area (Å²) in [5.74, 6) is 2.75. The van der Waals surface area contributed by atoms with Crippen LogP contribution in [0.4, 0.5) is 0 Å². The van der Waals surface area contributed by atoms with Crippen molar-refractivity contribution in [2.24, 2.45) is 0 Å². The lowest BCUT2D eigenvalue weighted by Gasteiger charge is -2.34. The molecule has 1 aliphatic carbocycles. The summed E-state index contributed by atoms with van der Waals surface area (Å²) >= 11 is 0. The van der Waals surface area contributed by atoms with Gasteiger partial charge < -0.3 is 9.47 Å². The first-order valence-corrected chi connectivity index (χ1v) is 14.1. The second-order valence-electron chi connectivity index (χ2n) is 10.5. The van der Waals surface area contributed by atoms with Crippen molar-refractivity contribution < 1.29 is 19.1 Å². The van der Waals surface area contributed by atoms with Crippen LogP contribution >= 0.6 is 0 Å². The predicted octanol–water partition coefficient (Wildman–Crippen LogP) is 9.26. The SMILES string of the molecule is O=Cc1ccc(Oc2ccc(C3(c4ccc(Oc5ccc(C=O)cc5)cc4)c4ccccc4-c4ccccc43)cc2)cc1. The van der Waals surface area contributed by atoms with Crippen molar-refractivity contribution in [3.05, 3.63) is 179 Å². The maximum absolute atomic E-state index is 11.0. The Morgan fingerprint density at radius 1 is 0.395 bits per heavy atom. The third-order valence-electron chi connectivity index (χ3n) is 8.03. The summed E-state index contributed by atoms with van der Waals surface area (Å²) in [5.41, 5.74) is 7.75. The maximum atomic E-state index is 11.0. The van der Waals surface area contributed by atoms with E-state index in [-0.39, 0.29) is 0 Å². The van der Waals surface area contributed by atoms with Crippen LogP contribution in [0.25, 0.3) is 11.1 Å². The lowest BCUT2D eigenvalue weighted by Crippen LogP contribution is -2.28. The first-order chi connectivity index (χ1) is 21.2. The van der Waals surface area contributed by atoms with E-state index in [2.05, 4.69) is 72.8 Å². The normalized spacial score (nSPS) is 12.6. The first-order valence-electron chi connectivity index (χ1n) is 14.1. The van der Waals surface area contributed by atoms with Crippen molar-refractivity contribution in [2.45, 2.75) is 5.41 Å². The Morgan fingerprint density at radius 3 is 1.07 bits per heavy atom. The van der Waals surface area contributed by atoms with Crippen LogP contribution < -0.4 is 9.47 Å². The molecule has 0 N–H and O–H groups in total. The molecule has 0 saturated heterocycles. The number of carbonyl (C=O) groups is 2. The Labute approximate surface area is 249 Å². The van der Waals surface area contributed by atoms with Gasteiger partial charge in [0.2, 0.25) is 0 Å². The van der Waals surface area contributed by atoms with E-state index in [0.29, 0.717) is 34.1 Å². The number of benzene rings is 6. The Morgan fingerprint density at radius 2 is 0.721 bits per heavy atom. The minimum atomic E-state index is -0.554.